The molecule has 0 saturated carbocycles. The van der Waals surface area contributed by atoms with E-state index in [4.69, 9.17) is 0 Å². The summed E-state index contributed by atoms with van der Waals surface area (Å²) in [6.07, 6.45) is -3.70. The maximum atomic E-state index is 12.6. The lowest BCUT2D eigenvalue weighted by Gasteiger charge is -2.02. The number of para-hydroxylation sites is 1. The van der Waals surface area contributed by atoms with Crippen LogP contribution in [0, 0.1) is 0 Å². The van der Waals surface area contributed by atoms with E-state index < -0.39 is 17.7 Å². The van der Waals surface area contributed by atoms with Crippen LogP contribution in [0.2, 0.25) is 0 Å². The van der Waals surface area contributed by atoms with Crippen molar-refractivity contribution in [2.24, 2.45) is 7.05 Å². The molecule has 0 aliphatic rings. The molecule has 7 heteroatoms. The van der Waals surface area contributed by atoms with Crippen molar-refractivity contribution in [1.29, 1.82) is 0 Å². The summed E-state index contributed by atoms with van der Waals surface area (Å²) in [5.41, 5.74) is 0.477. The van der Waals surface area contributed by atoms with Crippen molar-refractivity contribution in [2.45, 2.75) is 6.18 Å². The van der Waals surface area contributed by atoms with Crippen molar-refractivity contribution in [1.82, 2.24) is 14.8 Å². The van der Waals surface area contributed by atoms with E-state index in [9.17, 15) is 18.0 Å². The molecule has 102 valence electrons. The molecule has 0 bridgehead atoms. The van der Waals surface area contributed by atoms with E-state index >= 15 is 0 Å². The Morgan fingerprint density at radius 1 is 1.20 bits per heavy atom. The first-order chi connectivity index (χ1) is 9.39. The SMILES string of the molecule is Cn1nc(C(=O)C(F)(F)F)c2cnc3ccccc3c21. The lowest BCUT2D eigenvalue weighted by atomic mass is 10.1. The average Bonchev–Trinajstić information content (AvgIpc) is 2.74. The summed E-state index contributed by atoms with van der Waals surface area (Å²) >= 11 is 0. The van der Waals surface area contributed by atoms with Gasteiger partial charge in [-0.15, -0.1) is 0 Å². The largest absolute Gasteiger partial charge is 0.456 e. The predicted molar refractivity (Wildman–Crippen MR) is 66.4 cm³/mol. The quantitative estimate of drug-likeness (QED) is 0.643. The minimum atomic E-state index is -4.95. The van der Waals surface area contributed by atoms with E-state index in [1.54, 1.807) is 24.3 Å². The van der Waals surface area contributed by atoms with Gasteiger partial charge in [-0.05, 0) is 6.07 Å². The summed E-state index contributed by atoms with van der Waals surface area (Å²) < 4.78 is 39.0. The minimum absolute atomic E-state index is 0.105. The maximum Gasteiger partial charge on any atom is 0.456 e. The van der Waals surface area contributed by atoms with Crippen LogP contribution >= 0.6 is 0 Å². The van der Waals surface area contributed by atoms with Gasteiger partial charge in [-0.2, -0.15) is 18.3 Å². The third kappa shape index (κ3) is 1.74. The number of alkyl halides is 3. The van der Waals surface area contributed by atoms with Crippen LogP contribution in [-0.4, -0.2) is 26.7 Å². The van der Waals surface area contributed by atoms with Crippen LogP contribution in [0.25, 0.3) is 21.8 Å². The number of aryl methyl sites for hydroxylation is 1. The van der Waals surface area contributed by atoms with Gasteiger partial charge < -0.3 is 0 Å². The highest BCUT2D eigenvalue weighted by molar-refractivity contribution is 6.13. The third-order valence-electron chi connectivity index (χ3n) is 3.05. The number of benzene rings is 1. The Morgan fingerprint density at radius 3 is 2.60 bits per heavy atom. The Balaban J connectivity index is 2.38. The fourth-order valence-electron chi connectivity index (χ4n) is 2.20. The van der Waals surface area contributed by atoms with Crippen molar-refractivity contribution in [3.05, 3.63) is 36.2 Å². The minimum Gasteiger partial charge on any atom is -0.282 e. The van der Waals surface area contributed by atoms with Crippen LogP contribution in [0.4, 0.5) is 13.2 Å². The average molecular weight is 279 g/mol. The van der Waals surface area contributed by atoms with E-state index in [-0.39, 0.29) is 5.39 Å². The van der Waals surface area contributed by atoms with E-state index in [0.29, 0.717) is 16.4 Å². The molecule has 0 amide bonds. The first-order valence-electron chi connectivity index (χ1n) is 5.71. The fourth-order valence-corrected chi connectivity index (χ4v) is 2.20. The number of aromatic nitrogens is 3. The molecule has 0 aliphatic heterocycles. The predicted octanol–water partition coefficient (Wildman–Crippen LogP) is 2.87. The molecular weight excluding hydrogens is 271 g/mol. The van der Waals surface area contributed by atoms with Gasteiger partial charge in [0, 0.05) is 18.6 Å². The summed E-state index contributed by atoms with van der Waals surface area (Å²) in [6, 6.07) is 7.00. The molecule has 1 aromatic carbocycles. The molecule has 3 aromatic rings. The summed E-state index contributed by atoms with van der Waals surface area (Å²) in [4.78, 5) is 15.5. The van der Waals surface area contributed by atoms with Gasteiger partial charge in [0.15, 0.2) is 0 Å². The zero-order valence-corrected chi connectivity index (χ0v) is 10.3. The number of rotatable bonds is 1. The van der Waals surface area contributed by atoms with Gasteiger partial charge >= 0.3 is 6.18 Å². The topological polar surface area (TPSA) is 47.8 Å². The Hall–Kier alpha value is -2.44. The van der Waals surface area contributed by atoms with Crippen LogP contribution in [-0.2, 0) is 7.05 Å². The van der Waals surface area contributed by atoms with Gasteiger partial charge in [0.1, 0.15) is 5.69 Å². The van der Waals surface area contributed by atoms with E-state index in [2.05, 4.69) is 10.1 Å². The molecule has 0 radical (unpaired) electrons. The van der Waals surface area contributed by atoms with Gasteiger partial charge in [0.25, 0.3) is 5.78 Å². The highest BCUT2D eigenvalue weighted by atomic mass is 19.4. The highest BCUT2D eigenvalue weighted by Crippen LogP contribution is 2.29. The first kappa shape index (κ1) is 12.6. The second kappa shape index (κ2) is 4.03. The number of carbonyl (C=O) groups is 1. The van der Waals surface area contributed by atoms with Gasteiger partial charge in [-0.1, -0.05) is 18.2 Å². The zero-order valence-electron chi connectivity index (χ0n) is 10.3. The molecule has 3 rings (SSSR count). The van der Waals surface area contributed by atoms with Crippen LogP contribution < -0.4 is 0 Å². The van der Waals surface area contributed by atoms with Gasteiger partial charge in [0.05, 0.1) is 16.4 Å². The Kier molecular flexibility index (Phi) is 2.53. The number of pyridine rings is 1. The van der Waals surface area contributed by atoms with Crippen molar-refractivity contribution >= 4 is 27.6 Å². The van der Waals surface area contributed by atoms with Crippen LogP contribution in [0.15, 0.2) is 30.5 Å². The fraction of sp³-hybridized carbons (Fsp3) is 0.154. The number of halogens is 3. The standard InChI is InChI=1S/C13H8F3N3O/c1-19-11-7-4-2-3-5-9(7)17-6-8(11)10(18-19)12(20)13(14,15)16/h2-6H,1H3. The molecular formula is C13H8F3N3O. The molecule has 0 atom stereocenters. The summed E-state index contributed by atoms with van der Waals surface area (Å²) in [5.74, 6) is -1.96. The number of hydrogen-bond acceptors (Lipinski definition) is 3. The molecule has 0 N–H and O–H groups in total. The first-order valence-corrected chi connectivity index (χ1v) is 5.71. The molecule has 2 heterocycles. The summed E-state index contributed by atoms with van der Waals surface area (Å²) in [6.45, 7) is 0. The molecule has 2 aromatic heterocycles. The second-order valence-corrected chi connectivity index (χ2v) is 4.34. The van der Waals surface area contributed by atoms with Crippen LogP contribution in [0.1, 0.15) is 10.5 Å². The normalized spacial score (nSPS) is 12.2. The number of carbonyl (C=O) groups excluding carboxylic acids is 1. The van der Waals surface area contributed by atoms with Crippen molar-refractivity contribution in [3.63, 3.8) is 0 Å². The van der Waals surface area contributed by atoms with Crippen molar-refractivity contribution in [2.75, 3.05) is 0 Å². The molecule has 0 saturated heterocycles. The number of Topliss-reactive ketones (excluding diaryl/α,β-unsaturated/α-hetero) is 1. The van der Waals surface area contributed by atoms with Gasteiger partial charge in [-0.25, -0.2) is 0 Å². The Morgan fingerprint density at radius 2 is 1.90 bits per heavy atom. The molecule has 4 nitrogen and oxygen atoms in total. The smallest absolute Gasteiger partial charge is 0.282 e. The van der Waals surface area contributed by atoms with Crippen LogP contribution in [0.3, 0.4) is 0 Å². The van der Waals surface area contributed by atoms with Gasteiger partial charge in [0.2, 0.25) is 0 Å². The van der Waals surface area contributed by atoms with Crippen molar-refractivity contribution in [3.8, 4) is 0 Å². The second-order valence-electron chi connectivity index (χ2n) is 4.34. The van der Waals surface area contributed by atoms with Gasteiger partial charge in [-0.3, -0.25) is 14.5 Å². The number of fused-ring (bicyclic) bond motifs is 3. The zero-order chi connectivity index (χ0) is 14.5. The number of nitrogens with zero attached hydrogens (tertiary/aromatic N) is 3. The lowest BCUT2D eigenvalue weighted by molar-refractivity contribution is -0.0887. The summed E-state index contributed by atoms with van der Waals surface area (Å²) in [5, 5.41) is 4.47. The number of hydrogen-bond donors (Lipinski definition) is 0. The van der Waals surface area contributed by atoms with Crippen molar-refractivity contribution < 1.29 is 18.0 Å². The van der Waals surface area contributed by atoms with E-state index in [0.717, 1.165) is 0 Å². The molecule has 0 aliphatic carbocycles. The monoisotopic (exact) mass is 279 g/mol. The Bertz CT molecular complexity index is 836. The third-order valence-corrected chi connectivity index (χ3v) is 3.05. The molecule has 20 heavy (non-hydrogen) atoms. The maximum absolute atomic E-state index is 12.6. The lowest BCUT2D eigenvalue weighted by Crippen LogP contribution is -2.23. The highest BCUT2D eigenvalue weighted by Gasteiger charge is 2.42. The number of ketones is 1. The van der Waals surface area contributed by atoms with E-state index in [1.807, 2.05) is 0 Å². The molecule has 0 unspecified atom stereocenters. The summed E-state index contributed by atoms with van der Waals surface area (Å²) in [7, 11) is 1.50. The molecule has 0 fully saturated rings. The molecule has 0 spiro atoms. The van der Waals surface area contributed by atoms with E-state index in [1.165, 1.54) is 17.9 Å². The Labute approximate surface area is 110 Å². The van der Waals surface area contributed by atoms with Crippen LogP contribution in [0.5, 0.6) is 0 Å².